The van der Waals surface area contributed by atoms with Crippen LogP contribution in [-0.4, -0.2) is 19.9 Å². The molecule has 11 heteroatoms. The van der Waals surface area contributed by atoms with Gasteiger partial charge in [-0.2, -0.15) is 0 Å². The topological polar surface area (TPSA) is 139 Å². The largest absolute Gasteiger partial charge is 0.501 e. The normalized spacial score (nSPS) is 10.7. The van der Waals surface area contributed by atoms with Gasteiger partial charge in [0.1, 0.15) is 10.5 Å². The molecule has 0 spiro atoms. The van der Waals surface area contributed by atoms with E-state index in [0.29, 0.717) is 0 Å². The zero-order valence-corrected chi connectivity index (χ0v) is 10.7. The number of nitro groups is 2. The van der Waals surface area contributed by atoms with Crippen LogP contribution in [0.1, 0.15) is 0 Å². The van der Waals surface area contributed by atoms with E-state index in [9.17, 15) is 30.1 Å². The fourth-order valence-corrected chi connectivity index (χ4v) is 2.09. The van der Waals surface area contributed by atoms with Crippen LogP contribution in [0.25, 0.3) is 10.9 Å². The van der Waals surface area contributed by atoms with E-state index in [-0.39, 0.29) is 10.4 Å². The van der Waals surface area contributed by atoms with Crippen LogP contribution in [0, 0.1) is 20.2 Å². The van der Waals surface area contributed by atoms with Crippen molar-refractivity contribution in [3.63, 3.8) is 0 Å². The predicted molar refractivity (Wildman–Crippen MR) is 69.6 cm³/mol. The van der Waals surface area contributed by atoms with Crippen LogP contribution in [0.5, 0.6) is 5.75 Å². The molecule has 0 aliphatic carbocycles. The molecular formula is C9H3Cl2N3O6. The molecule has 1 aromatic carbocycles. The summed E-state index contributed by atoms with van der Waals surface area (Å²) in [4.78, 5) is 33.1. The van der Waals surface area contributed by atoms with Crippen LogP contribution in [0.3, 0.4) is 0 Å². The van der Waals surface area contributed by atoms with Gasteiger partial charge in [0.2, 0.25) is 5.75 Å². The first kappa shape index (κ1) is 14.0. The van der Waals surface area contributed by atoms with Crippen molar-refractivity contribution in [3.05, 3.63) is 46.7 Å². The fourth-order valence-electron chi connectivity index (χ4n) is 1.67. The Labute approximate surface area is 118 Å². The maximum absolute atomic E-state index is 11.5. The van der Waals surface area contributed by atoms with Crippen molar-refractivity contribution < 1.29 is 15.0 Å². The molecule has 0 amide bonds. The van der Waals surface area contributed by atoms with Crippen molar-refractivity contribution in [3.8, 4) is 5.75 Å². The van der Waals surface area contributed by atoms with Crippen molar-refractivity contribution in [2.45, 2.75) is 0 Å². The molecule has 0 aliphatic rings. The van der Waals surface area contributed by atoms with E-state index in [1.807, 2.05) is 4.98 Å². The minimum atomic E-state index is -1.29. The fraction of sp³-hybridized carbons (Fsp3) is 0. The second kappa shape index (κ2) is 4.62. The van der Waals surface area contributed by atoms with Crippen molar-refractivity contribution >= 4 is 45.5 Å². The maximum Gasteiger partial charge on any atom is 0.375 e. The number of rotatable bonds is 2. The molecule has 0 saturated heterocycles. The van der Waals surface area contributed by atoms with Crippen LogP contribution in [0.4, 0.5) is 11.4 Å². The lowest BCUT2D eigenvalue weighted by atomic mass is 10.1. The summed E-state index contributed by atoms with van der Waals surface area (Å²) in [6.45, 7) is 0. The molecule has 1 heterocycles. The summed E-state index contributed by atoms with van der Waals surface area (Å²) in [5.74, 6) is -1.02. The highest BCUT2D eigenvalue weighted by atomic mass is 35.5. The van der Waals surface area contributed by atoms with E-state index in [4.69, 9.17) is 23.2 Å². The van der Waals surface area contributed by atoms with E-state index in [2.05, 4.69) is 0 Å². The molecule has 2 N–H and O–H groups in total. The average Bonchev–Trinajstić information content (AvgIpc) is 2.31. The number of aromatic nitrogens is 1. The number of nitrogens with zero attached hydrogens (tertiary/aromatic N) is 2. The summed E-state index contributed by atoms with van der Waals surface area (Å²) < 4.78 is 0. The number of nitrogens with one attached hydrogen (secondary N) is 1. The van der Waals surface area contributed by atoms with Crippen LogP contribution >= 0.6 is 23.2 Å². The number of nitro benzene ring substituents is 1. The Bertz CT molecular complexity index is 831. The highest BCUT2D eigenvalue weighted by Crippen LogP contribution is 2.41. The number of aromatic hydroxyl groups is 1. The molecule has 9 nitrogen and oxygen atoms in total. The lowest BCUT2D eigenvalue weighted by molar-refractivity contribution is -0.387. The molecule has 2 rings (SSSR count). The zero-order valence-electron chi connectivity index (χ0n) is 9.22. The maximum atomic E-state index is 11.5. The number of pyridine rings is 1. The van der Waals surface area contributed by atoms with Crippen molar-refractivity contribution in [1.29, 1.82) is 0 Å². The minimum absolute atomic E-state index is 0.289. The van der Waals surface area contributed by atoms with Gasteiger partial charge in [-0.15, -0.1) is 0 Å². The smallest absolute Gasteiger partial charge is 0.375 e. The Morgan fingerprint density at radius 3 is 2.20 bits per heavy atom. The van der Waals surface area contributed by atoms with Crippen LogP contribution in [0.2, 0.25) is 10.0 Å². The molecule has 0 radical (unpaired) electrons. The number of fused-ring (bicyclic) bond motifs is 1. The first-order valence-corrected chi connectivity index (χ1v) is 5.57. The third-order valence-electron chi connectivity index (χ3n) is 2.49. The lowest BCUT2D eigenvalue weighted by Crippen LogP contribution is -2.12. The van der Waals surface area contributed by atoms with Gasteiger partial charge in [-0.25, -0.2) is 0 Å². The van der Waals surface area contributed by atoms with E-state index in [0.717, 1.165) is 6.07 Å². The molecular weight excluding hydrogens is 317 g/mol. The summed E-state index contributed by atoms with van der Waals surface area (Å²) >= 11 is 11.3. The van der Waals surface area contributed by atoms with Crippen molar-refractivity contribution in [1.82, 2.24) is 4.98 Å². The van der Waals surface area contributed by atoms with E-state index in [1.165, 1.54) is 0 Å². The molecule has 0 saturated carbocycles. The molecule has 0 bridgehead atoms. The Morgan fingerprint density at radius 2 is 1.70 bits per heavy atom. The molecule has 20 heavy (non-hydrogen) atoms. The molecule has 104 valence electrons. The quantitative estimate of drug-likeness (QED) is 0.643. The molecule has 1 aromatic heterocycles. The Hall–Kier alpha value is -2.39. The van der Waals surface area contributed by atoms with Gasteiger partial charge in [0, 0.05) is 0 Å². The summed E-state index contributed by atoms with van der Waals surface area (Å²) in [5.41, 5.74) is -3.62. The van der Waals surface area contributed by atoms with Gasteiger partial charge in [-0.05, 0) is 6.07 Å². The van der Waals surface area contributed by atoms with Gasteiger partial charge in [0.25, 0.3) is 0 Å². The number of hydrogen-bond acceptors (Lipinski definition) is 6. The second-order valence-corrected chi connectivity index (χ2v) is 4.39. The molecule has 0 aliphatic heterocycles. The number of aromatic amines is 1. The van der Waals surface area contributed by atoms with Gasteiger partial charge in [-0.3, -0.25) is 25.0 Å². The number of hydrogen-bond donors (Lipinski definition) is 2. The number of benzene rings is 1. The van der Waals surface area contributed by atoms with Crippen molar-refractivity contribution in [2.75, 3.05) is 0 Å². The van der Waals surface area contributed by atoms with Crippen LogP contribution in [-0.2, 0) is 0 Å². The minimum Gasteiger partial charge on any atom is -0.501 e. The average molecular weight is 320 g/mol. The summed E-state index contributed by atoms with van der Waals surface area (Å²) in [6.07, 6.45) is 0. The van der Waals surface area contributed by atoms with Gasteiger partial charge in [0.05, 0.1) is 20.3 Å². The highest BCUT2D eigenvalue weighted by Gasteiger charge is 2.29. The van der Waals surface area contributed by atoms with Crippen LogP contribution < -0.4 is 5.56 Å². The van der Waals surface area contributed by atoms with Crippen molar-refractivity contribution in [2.24, 2.45) is 0 Å². The second-order valence-electron chi connectivity index (χ2n) is 3.61. The number of H-pyrrole nitrogens is 1. The van der Waals surface area contributed by atoms with Gasteiger partial charge in [0.15, 0.2) is 0 Å². The third-order valence-corrected chi connectivity index (χ3v) is 3.27. The highest BCUT2D eigenvalue weighted by molar-refractivity contribution is 6.44. The Kier molecular flexibility index (Phi) is 3.24. The molecule has 0 fully saturated rings. The molecule has 2 aromatic rings. The summed E-state index contributed by atoms with van der Waals surface area (Å²) in [5, 5.41) is 30.3. The van der Waals surface area contributed by atoms with Crippen LogP contribution in [0.15, 0.2) is 10.9 Å². The van der Waals surface area contributed by atoms with Gasteiger partial charge in [-0.1, -0.05) is 23.2 Å². The standard InChI is InChI=1S/C9H3Cl2N3O6/c10-3-1-2-5(6(4(3)11)13(17)18)12-9(16)7(8(2)15)14(19)20/h1H,(H2,12,15,16). The first-order valence-electron chi connectivity index (χ1n) is 4.81. The Balaban J connectivity index is 3.11. The molecule has 0 atom stereocenters. The Morgan fingerprint density at radius 1 is 1.15 bits per heavy atom. The summed E-state index contributed by atoms with van der Waals surface area (Å²) in [7, 11) is 0. The van der Waals surface area contributed by atoms with E-state index in [1.54, 1.807) is 0 Å². The number of halogens is 2. The predicted octanol–water partition coefficient (Wildman–Crippen LogP) is 2.36. The third kappa shape index (κ3) is 1.92. The first-order chi connectivity index (χ1) is 9.25. The summed E-state index contributed by atoms with van der Waals surface area (Å²) in [6, 6.07) is 0.991. The van der Waals surface area contributed by atoms with Gasteiger partial charge >= 0.3 is 16.9 Å². The van der Waals surface area contributed by atoms with Gasteiger partial charge < -0.3 is 10.1 Å². The zero-order chi connectivity index (χ0) is 15.2. The monoisotopic (exact) mass is 319 g/mol. The van der Waals surface area contributed by atoms with E-state index >= 15 is 0 Å². The SMILES string of the molecule is O=c1[nH]c2c([N+](=O)[O-])c(Cl)c(Cl)cc2c(O)c1[N+](=O)[O-]. The lowest BCUT2D eigenvalue weighted by Gasteiger charge is -2.05. The molecule has 0 unspecified atom stereocenters. The van der Waals surface area contributed by atoms with E-state index < -0.39 is 43.1 Å².